The van der Waals surface area contributed by atoms with Crippen LogP contribution in [0.15, 0.2) is 23.2 Å². The maximum Gasteiger partial charge on any atom is 0.270 e. The second kappa shape index (κ2) is 4.96. The van der Waals surface area contributed by atoms with E-state index < -0.39 is 16.3 Å². The molecule has 0 aliphatic carbocycles. The summed E-state index contributed by atoms with van der Waals surface area (Å²) in [5.74, 6) is 0.0663. The molecule has 3 rings (SSSR count). The largest absolute Gasteiger partial charge is 0.379 e. The van der Waals surface area contributed by atoms with Gasteiger partial charge in [-0.3, -0.25) is 10.1 Å². The van der Waals surface area contributed by atoms with Crippen molar-refractivity contribution in [1.29, 1.82) is 0 Å². The van der Waals surface area contributed by atoms with E-state index in [0.717, 1.165) is 12.1 Å². The van der Waals surface area contributed by atoms with Gasteiger partial charge in [0.1, 0.15) is 11.4 Å². The predicted octanol–water partition coefficient (Wildman–Crippen LogP) is 2.03. The molecule has 0 spiro atoms. The summed E-state index contributed by atoms with van der Waals surface area (Å²) in [6, 6.07) is 3.50. The minimum Gasteiger partial charge on any atom is -0.379 e. The number of benzene rings is 1. The average molecular weight is 311 g/mol. The number of non-ortho nitro benzene ring substituents is 1. The summed E-state index contributed by atoms with van der Waals surface area (Å²) in [4.78, 5) is 14.8. The van der Waals surface area contributed by atoms with Crippen molar-refractivity contribution in [2.45, 2.75) is 18.6 Å². The van der Waals surface area contributed by atoms with Gasteiger partial charge in [-0.1, -0.05) is 11.8 Å². The predicted molar refractivity (Wildman–Crippen MR) is 77.7 cm³/mol. The number of hydrogen-bond acceptors (Lipinski definition) is 6. The SMILES string of the molecule is CC1OCC2(c3cc([N+](=O)[O-])ccc3F)N=C(N)SCC12. The van der Waals surface area contributed by atoms with Crippen LogP contribution in [0.5, 0.6) is 0 Å². The lowest BCUT2D eigenvalue weighted by atomic mass is 9.79. The van der Waals surface area contributed by atoms with E-state index in [-0.39, 0.29) is 29.9 Å². The van der Waals surface area contributed by atoms with Gasteiger partial charge in [0, 0.05) is 29.4 Å². The summed E-state index contributed by atoms with van der Waals surface area (Å²) in [6.07, 6.45) is -0.104. The molecule has 2 heterocycles. The fourth-order valence-electron chi connectivity index (χ4n) is 2.96. The highest BCUT2D eigenvalue weighted by atomic mass is 32.2. The van der Waals surface area contributed by atoms with Gasteiger partial charge in [0.05, 0.1) is 17.6 Å². The fourth-order valence-corrected chi connectivity index (χ4v) is 4.08. The van der Waals surface area contributed by atoms with E-state index in [0.29, 0.717) is 10.9 Å². The lowest BCUT2D eigenvalue weighted by molar-refractivity contribution is -0.385. The summed E-state index contributed by atoms with van der Waals surface area (Å²) < 4.78 is 20.0. The molecule has 6 nitrogen and oxygen atoms in total. The van der Waals surface area contributed by atoms with Gasteiger partial charge >= 0.3 is 0 Å². The number of nitro benzene ring substituents is 1. The second-order valence-corrected chi connectivity index (χ2v) is 6.27. The van der Waals surface area contributed by atoms with E-state index in [4.69, 9.17) is 10.5 Å². The third kappa shape index (κ3) is 2.18. The lowest BCUT2D eigenvalue weighted by Crippen LogP contribution is -2.41. The van der Waals surface area contributed by atoms with Crippen LogP contribution < -0.4 is 5.73 Å². The molecule has 0 saturated carbocycles. The molecule has 2 N–H and O–H groups in total. The molecule has 2 aliphatic rings. The Kier molecular flexibility index (Phi) is 3.37. The van der Waals surface area contributed by atoms with E-state index in [2.05, 4.69) is 4.99 Å². The van der Waals surface area contributed by atoms with E-state index in [1.54, 1.807) is 0 Å². The highest BCUT2D eigenvalue weighted by Crippen LogP contribution is 2.48. The molecular formula is C13H14FN3O3S. The first-order valence-electron chi connectivity index (χ1n) is 6.48. The molecule has 3 atom stereocenters. The van der Waals surface area contributed by atoms with Crippen LogP contribution in [0.25, 0.3) is 0 Å². The maximum atomic E-state index is 14.3. The first-order chi connectivity index (χ1) is 9.94. The fraction of sp³-hybridized carbons (Fsp3) is 0.462. The van der Waals surface area contributed by atoms with Gasteiger partial charge in [-0.05, 0) is 13.0 Å². The summed E-state index contributed by atoms with van der Waals surface area (Å²) in [7, 11) is 0. The van der Waals surface area contributed by atoms with Crippen LogP contribution in [0.1, 0.15) is 12.5 Å². The molecule has 1 aromatic rings. The smallest absolute Gasteiger partial charge is 0.270 e. The van der Waals surface area contributed by atoms with E-state index in [1.807, 2.05) is 6.92 Å². The Bertz CT molecular complexity index is 639. The molecule has 0 amide bonds. The van der Waals surface area contributed by atoms with Gasteiger partial charge in [-0.15, -0.1) is 0 Å². The first-order valence-corrected chi connectivity index (χ1v) is 7.47. The van der Waals surface area contributed by atoms with E-state index in [1.165, 1.54) is 17.8 Å². The van der Waals surface area contributed by atoms with Crippen LogP contribution in [0.2, 0.25) is 0 Å². The van der Waals surface area contributed by atoms with Crippen molar-refractivity contribution in [2.24, 2.45) is 16.6 Å². The summed E-state index contributed by atoms with van der Waals surface area (Å²) >= 11 is 1.40. The number of amidine groups is 1. The van der Waals surface area contributed by atoms with Gasteiger partial charge in [0.2, 0.25) is 0 Å². The number of nitrogens with two attached hydrogens (primary N) is 1. The molecule has 3 unspecified atom stereocenters. The maximum absolute atomic E-state index is 14.3. The Morgan fingerprint density at radius 1 is 1.62 bits per heavy atom. The molecule has 112 valence electrons. The van der Waals surface area contributed by atoms with Gasteiger partial charge in [-0.2, -0.15) is 0 Å². The lowest BCUT2D eigenvalue weighted by Gasteiger charge is -2.35. The molecule has 1 fully saturated rings. The van der Waals surface area contributed by atoms with Gasteiger partial charge in [0.15, 0.2) is 5.17 Å². The van der Waals surface area contributed by atoms with E-state index >= 15 is 0 Å². The molecule has 8 heteroatoms. The molecule has 0 bridgehead atoms. The number of nitrogens with zero attached hydrogens (tertiary/aromatic N) is 2. The number of thioether (sulfide) groups is 1. The Labute approximate surface area is 124 Å². The van der Waals surface area contributed by atoms with Crippen LogP contribution >= 0.6 is 11.8 Å². The molecule has 0 radical (unpaired) electrons. The van der Waals surface area contributed by atoms with E-state index in [9.17, 15) is 14.5 Å². The number of hydrogen-bond donors (Lipinski definition) is 1. The number of fused-ring (bicyclic) bond motifs is 1. The Morgan fingerprint density at radius 3 is 3.10 bits per heavy atom. The zero-order chi connectivity index (χ0) is 15.2. The molecule has 2 aliphatic heterocycles. The van der Waals surface area contributed by atoms with Gasteiger partial charge in [-0.25, -0.2) is 9.38 Å². The van der Waals surface area contributed by atoms with Crippen LogP contribution in [-0.4, -0.2) is 28.6 Å². The van der Waals surface area contributed by atoms with Crippen LogP contribution in [-0.2, 0) is 10.3 Å². The van der Waals surface area contributed by atoms with Crippen LogP contribution in [0.3, 0.4) is 0 Å². The number of halogens is 1. The minimum atomic E-state index is -0.967. The minimum absolute atomic E-state index is 0.0636. The second-order valence-electron chi connectivity index (χ2n) is 5.23. The molecule has 21 heavy (non-hydrogen) atoms. The first kappa shape index (κ1) is 14.3. The van der Waals surface area contributed by atoms with Crippen LogP contribution in [0.4, 0.5) is 10.1 Å². The Morgan fingerprint density at radius 2 is 2.38 bits per heavy atom. The normalized spacial score (nSPS) is 31.6. The van der Waals surface area contributed by atoms with Crippen molar-refractivity contribution >= 4 is 22.6 Å². The molecule has 0 aromatic heterocycles. The Balaban J connectivity index is 2.18. The zero-order valence-corrected chi connectivity index (χ0v) is 12.1. The number of aliphatic imine (C=N–C) groups is 1. The topological polar surface area (TPSA) is 90.8 Å². The standard InChI is InChI=1S/C13H14FN3O3S/c1-7-10-5-21-12(15)16-13(10,6-20-7)9-4-8(17(18)19)2-3-11(9)14/h2-4,7,10H,5-6H2,1H3,(H2,15,16). The van der Waals surface area contributed by atoms with Crippen molar-refractivity contribution in [3.63, 3.8) is 0 Å². The number of ether oxygens (including phenoxy) is 1. The summed E-state index contributed by atoms with van der Waals surface area (Å²) in [5, 5.41) is 11.3. The monoisotopic (exact) mass is 311 g/mol. The van der Waals surface area contributed by atoms with Crippen molar-refractivity contribution < 1.29 is 14.1 Å². The van der Waals surface area contributed by atoms with Crippen molar-refractivity contribution in [3.05, 3.63) is 39.7 Å². The van der Waals surface area contributed by atoms with Crippen molar-refractivity contribution in [3.8, 4) is 0 Å². The van der Waals surface area contributed by atoms with Gasteiger partial charge in [0.25, 0.3) is 5.69 Å². The zero-order valence-electron chi connectivity index (χ0n) is 11.3. The number of rotatable bonds is 2. The molecule has 1 saturated heterocycles. The highest BCUT2D eigenvalue weighted by Gasteiger charge is 2.53. The van der Waals surface area contributed by atoms with Crippen LogP contribution in [0, 0.1) is 21.8 Å². The third-order valence-electron chi connectivity index (χ3n) is 4.09. The highest BCUT2D eigenvalue weighted by molar-refractivity contribution is 8.13. The van der Waals surface area contributed by atoms with Crippen molar-refractivity contribution in [2.75, 3.05) is 12.4 Å². The quantitative estimate of drug-likeness (QED) is 0.666. The average Bonchev–Trinajstić information content (AvgIpc) is 2.76. The molecular weight excluding hydrogens is 297 g/mol. The third-order valence-corrected chi connectivity index (χ3v) is 5.01. The molecule has 1 aromatic carbocycles. The summed E-state index contributed by atoms with van der Waals surface area (Å²) in [5.41, 5.74) is 4.87. The van der Waals surface area contributed by atoms with Crippen molar-refractivity contribution in [1.82, 2.24) is 0 Å². The summed E-state index contributed by atoms with van der Waals surface area (Å²) in [6.45, 7) is 2.08. The Hall–Kier alpha value is -1.67. The van der Waals surface area contributed by atoms with Gasteiger partial charge < -0.3 is 10.5 Å². The number of nitro groups is 1.